The summed E-state index contributed by atoms with van der Waals surface area (Å²) >= 11 is 0. The van der Waals surface area contributed by atoms with Crippen molar-refractivity contribution in [3.05, 3.63) is 67.0 Å². The maximum atomic E-state index is 4.11. The van der Waals surface area contributed by atoms with Gasteiger partial charge in [0.15, 0.2) is 0 Å². The van der Waals surface area contributed by atoms with Crippen LogP contribution in [0.5, 0.6) is 0 Å². The molecule has 3 rings (SSSR count). The van der Waals surface area contributed by atoms with Crippen LogP contribution in [-0.4, -0.2) is 14.1 Å². The second-order valence-electron chi connectivity index (χ2n) is 4.63. The van der Waals surface area contributed by atoms with Crippen molar-refractivity contribution in [2.45, 2.75) is 20.0 Å². The zero-order valence-corrected chi connectivity index (χ0v) is 11.5. The molecule has 0 unspecified atom stereocenters. The van der Waals surface area contributed by atoms with Crippen molar-refractivity contribution in [1.82, 2.24) is 14.1 Å². The third-order valence-corrected chi connectivity index (χ3v) is 3.41. The van der Waals surface area contributed by atoms with Crippen molar-refractivity contribution < 1.29 is 0 Å². The maximum Gasteiger partial charge on any atom is 0.0992 e. The van der Waals surface area contributed by atoms with E-state index in [-0.39, 0.29) is 0 Å². The lowest BCUT2D eigenvalue weighted by molar-refractivity contribution is 0.724. The summed E-state index contributed by atoms with van der Waals surface area (Å²) in [5.74, 6) is 0. The maximum absolute atomic E-state index is 4.11. The van der Waals surface area contributed by atoms with Crippen molar-refractivity contribution >= 4 is 5.69 Å². The van der Waals surface area contributed by atoms with Gasteiger partial charge in [-0.25, -0.2) is 4.98 Å². The summed E-state index contributed by atoms with van der Waals surface area (Å²) in [5, 5.41) is 3.51. The van der Waals surface area contributed by atoms with E-state index in [4.69, 9.17) is 0 Å². The molecule has 0 atom stereocenters. The molecule has 0 radical (unpaired) electrons. The minimum absolute atomic E-state index is 0.812. The second kappa shape index (κ2) is 5.65. The van der Waals surface area contributed by atoms with Crippen LogP contribution >= 0.6 is 0 Å². The van der Waals surface area contributed by atoms with Gasteiger partial charge in [0.25, 0.3) is 0 Å². The van der Waals surface area contributed by atoms with E-state index >= 15 is 0 Å². The average Bonchev–Trinajstić information content (AvgIpc) is 3.16. The number of nitrogens with one attached hydrogen (secondary N) is 1. The second-order valence-corrected chi connectivity index (χ2v) is 4.63. The first kappa shape index (κ1) is 12.5. The molecule has 2 aromatic heterocycles. The van der Waals surface area contributed by atoms with Crippen molar-refractivity contribution in [1.29, 1.82) is 0 Å². The van der Waals surface area contributed by atoms with E-state index in [1.54, 1.807) is 6.20 Å². The van der Waals surface area contributed by atoms with Crippen LogP contribution in [0, 0.1) is 0 Å². The lowest BCUT2D eigenvalue weighted by Gasteiger charge is -2.13. The number of rotatable bonds is 5. The summed E-state index contributed by atoms with van der Waals surface area (Å²) < 4.78 is 4.26. The van der Waals surface area contributed by atoms with E-state index in [0.29, 0.717) is 0 Å². The minimum Gasteiger partial charge on any atom is -0.378 e. The predicted molar refractivity (Wildman–Crippen MR) is 81.0 cm³/mol. The molecule has 1 N–H and O–H groups in total. The topological polar surface area (TPSA) is 34.8 Å². The number of benzene rings is 1. The molecular formula is C16H18N4. The van der Waals surface area contributed by atoms with E-state index < -0.39 is 0 Å². The highest BCUT2D eigenvalue weighted by Crippen LogP contribution is 2.20. The van der Waals surface area contributed by atoms with Crippen LogP contribution in [0.15, 0.2) is 61.3 Å². The van der Waals surface area contributed by atoms with Crippen molar-refractivity contribution in [3.8, 4) is 5.69 Å². The third-order valence-electron chi connectivity index (χ3n) is 3.41. The van der Waals surface area contributed by atoms with E-state index in [9.17, 15) is 0 Å². The third kappa shape index (κ3) is 2.45. The van der Waals surface area contributed by atoms with Crippen LogP contribution in [-0.2, 0) is 13.1 Å². The zero-order chi connectivity index (χ0) is 13.8. The molecule has 0 saturated heterocycles. The molecule has 3 aromatic rings. The van der Waals surface area contributed by atoms with Crippen LogP contribution < -0.4 is 5.32 Å². The molecule has 102 valence electrons. The first-order valence-electron chi connectivity index (χ1n) is 6.83. The molecule has 0 spiro atoms. The Balaban J connectivity index is 1.81. The number of nitrogens with zero attached hydrogens (tertiary/aromatic N) is 3. The lowest BCUT2D eigenvalue weighted by Crippen LogP contribution is -2.07. The van der Waals surface area contributed by atoms with E-state index in [1.165, 1.54) is 5.69 Å². The quantitative estimate of drug-likeness (QED) is 0.769. The Hall–Kier alpha value is -2.49. The fourth-order valence-electron chi connectivity index (χ4n) is 2.35. The SMILES string of the molecule is CCn1cccc1CNc1ccccc1-n1ccnc1. The molecule has 4 heteroatoms. The zero-order valence-electron chi connectivity index (χ0n) is 11.5. The summed E-state index contributed by atoms with van der Waals surface area (Å²) in [4.78, 5) is 4.11. The lowest BCUT2D eigenvalue weighted by atomic mass is 10.2. The normalized spacial score (nSPS) is 10.7. The first-order valence-corrected chi connectivity index (χ1v) is 6.83. The van der Waals surface area contributed by atoms with Gasteiger partial charge in [0, 0.05) is 30.8 Å². The molecule has 0 aliphatic rings. The molecule has 0 amide bonds. The summed E-state index contributed by atoms with van der Waals surface area (Å²) in [6.07, 6.45) is 7.67. The Labute approximate surface area is 118 Å². The number of aryl methyl sites for hydroxylation is 1. The Morgan fingerprint density at radius 1 is 1.10 bits per heavy atom. The number of imidazole rings is 1. The smallest absolute Gasteiger partial charge is 0.0992 e. The van der Waals surface area contributed by atoms with Crippen molar-refractivity contribution in [2.75, 3.05) is 5.32 Å². The molecule has 20 heavy (non-hydrogen) atoms. The molecule has 4 nitrogen and oxygen atoms in total. The summed E-state index contributed by atoms with van der Waals surface area (Å²) in [6.45, 7) is 3.96. The number of hydrogen-bond donors (Lipinski definition) is 1. The number of para-hydroxylation sites is 2. The summed E-state index contributed by atoms with van der Waals surface area (Å²) in [6, 6.07) is 12.5. The number of hydrogen-bond acceptors (Lipinski definition) is 2. The van der Waals surface area contributed by atoms with Gasteiger partial charge in [0.2, 0.25) is 0 Å². The summed E-state index contributed by atoms with van der Waals surface area (Å²) in [7, 11) is 0. The predicted octanol–water partition coefficient (Wildman–Crippen LogP) is 3.31. The summed E-state index contributed by atoms with van der Waals surface area (Å²) in [5.41, 5.74) is 3.50. The van der Waals surface area contributed by atoms with Crippen LogP contribution in [0.1, 0.15) is 12.6 Å². The fraction of sp³-hybridized carbons (Fsp3) is 0.188. The molecule has 0 aliphatic carbocycles. The van der Waals surface area contributed by atoms with Gasteiger partial charge in [-0.05, 0) is 31.2 Å². The van der Waals surface area contributed by atoms with Crippen LogP contribution in [0.2, 0.25) is 0 Å². The van der Waals surface area contributed by atoms with Gasteiger partial charge >= 0.3 is 0 Å². The van der Waals surface area contributed by atoms with Gasteiger partial charge in [0.1, 0.15) is 0 Å². The monoisotopic (exact) mass is 266 g/mol. The van der Waals surface area contributed by atoms with Crippen molar-refractivity contribution in [3.63, 3.8) is 0 Å². The highest BCUT2D eigenvalue weighted by molar-refractivity contribution is 5.60. The van der Waals surface area contributed by atoms with Gasteiger partial charge in [-0.15, -0.1) is 0 Å². The number of aromatic nitrogens is 3. The Morgan fingerprint density at radius 2 is 2.00 bits per heavy atom. The molecular weight excluding hydrogens is 248 g/mol. The number of anilines is 1. The molecule has 0 saturated carbocycles. The fourth-order valence-corrected chi connectivity index (χ4v) is 2.35. The highest BCUT2D eigenvalue weighted by Gasteiger charge is 2.04. The molecule has 0 bridgehead atoms. The molecule has 2 heterocycles. The Morgan fingerprint density at radius 3 is 2.80 bits per heavy atom. The Bertz CT molecular complexity index is 667. The van der Waals surface area contributed by atoms with Crippen LogP contribution in [0.4, 0.5) is 5.69 Å². The standard InChI is InChI=1S/C16H18N4/c1-2-19-10-5-6-14(19)12-18-15-7-3-4-8-16(15)20-11-9-17-13-20/h3-11,13,18H,2,12H2,1H3. The van der Waals surface area contributed by atoms with Crippen molar-refractivity contribution in [2.24, 2.45) is 0 Å². The average molecular weight is 266 g/mol. The Kier molecular flexibility index (Phi) is 3.54. The van der Waals surface area contributed by atoms with Gasteiger partial charge in [-0.3, -0.25) is 0 Å². The van der Waals surface area contributed by atoms with Gasteiger partial charge in [-0.1, -0.05) is 12.1 Å². The van der Waals surface area contributed by atoms with Crippen LogP contribution in [0.3, 0.4) is 0 Å². The van der Waals surface area contributed by atoms with E-state index in [2.05, 4.69) is 52.3 Å². The highest BCUT2D eigenvalue weighted by atomic mass is 15.1. The van der Waals surface area contributed by atoms with Gasteiger partial charge in [-0.2, -0.15) is 0 Å². The largest absolute Gasteiger partial charge is 0.378 e. The molecule has 0 fully saturated rings. The molecule has 1 aromatic carbocycles. The van der Waals surface area contributed by atoms with Crippen LogP contribution in [0.25, 0.3) is 5.69 Å². The first-order chi connectivity index (χ1) is 9.88. The minimum atomic E-state index is 0.812. The van der Waals surface area contributed by atoms with E-state index in [1.807, 2.05) is 29.2 Å². The van der Waals surface area contributed by atoms with Gasteiger partial charge < -0.3 is 14.5 Å². The van der Waals surface area contributed by atoms with E-state index in [0.717, 1.165) is 24.5 Å². The molecule has 0 aliphatic heterocycles. The van der Waals surface area contributed by atoms with Gasteiger partial charge in [0.05, 0.1) is 24.2 Å².